The lowest BCUT2D eigenvalue weighted by molar-refractivity contribution is 0.519. The minimum absolute atomic E-state index is 0.231. The van der Waals surface area contributed by atoms with Crippen molar-refractivity contribution in [3.63, 3.8) is 0 Å². The number of aryl methyl sites for hydroxylation is 1. The van der Waals surface area contributed by atoms with Crippen molar-refractivity contribution in [1.82, 2.24) is 10.3 Å². The van der Waals surface area contributed by atoms with E-state index in [4.69, 9.17) is 0 Å². The number of piperidine rings is 1. The summed E-state index contributed by atoms with van der Waals surface area (Å²) in [5.41, 5.74) is 1.11. The molecular weight excluding hydrogens is 208 g/mol. The highest BCUT2D eigenvalue weighted by atomic mass is 32.2. The van der Waals surface area contributed by atoms with E-state index in [2.05, 4.69) is 10.3 Å². The second-order valence-corrected chi connectivity index (χ2v) is 5.62. The topological polar surface area (TPSA) is 42.0 Å². The van der Waals surface area contributed by atoms with Crippen molar-refractivity contribution < 1.29 is 4.21 Å². The zero-order chi connectivity index (χ0) is 10.7. The zero-order valence-electron chi connectivity index (χ0n) is 8.90. The van der Waals surface area contributed by atoms with Gasteiger partial charge in [-0.2, -0.15) is 0 Å². The standard InChI is InChI=1S/C11H16N2OS/c1-9-4-5-11(13-7-9)15(14)10-3-2-6-12-8-10/h4-5,7,10,12H,2-3,6,8H2,1H3/t10-,15+/m0/s1. The Morgan fingerprint density at radius 2 is 2.40 bits per heavy atom. The summed E-state index contributed by atoms with van der Waals surface area (Å²) in [6, 6.07) is 3.84. The van der Waals surface area contributed by atoms with Gasteiger partial charge in [0.2, 0.25) is 0 Å². The lowest BCUT2D eigenvalue weighted by atomic mass is 10.2. The van der Waals surface area contributed by atoms with E-state index in [1.54, 1.807) is 6.20 Å². The van der Waals surface area contributed by atoms with Gasteiger partial charge in [-0.05, 0) is 37.9 Å². The first kappa shape index (κ1) is 10.8. The molecule has 3 nitrogen and oxygen atoms in total. The summed E-state index contributed by atoms with van der Waals surface area (Å²) < 4.78 is 12.1. The number of hydrogen-bond donors (Lipinski definition) is 1. The summed E-state index contributed by atoms with van der Waals surface area (Å²) in [6.45, 7) is 3.89. The maximum Gasteiger partial charge on any atom is 0.127 e. The van der Waals surface area contributed by atoms with Gasteiger partial charge in [0.15, 0.2) is 0 Å². The van der Waals surface area contributed by atoms with Crippen molar-refractivity contribution in [3.8, 4) is 0 Å². The Hall–Kier alpha value is -0.740. The van der Waals surface area contributed by atoms with Crippen molar-refractivity contribution in [1.29, 1.82) is 0 Å². The summed E-state index contributed by atoms with van der Waals surface area (Å²) in [5, 5.41) is 4.22. The van der Waals surface area contributed by atoms with Crippen LogP contribution >= 0.6 is 0 Å². The van der Waals surface area contributed by atoms with Crippen LogP contribution in [-0.2, 0) is 10.8 Å². The Morgan fingerprint density at radius 1 is 1.53 bits per heavy atom. The number of nitrogens with one attached hydrogen (secondary N) is 1. The molecule has 0 bridgehead atoms. The van der Waals surface area contributed by atoms with Crippen LogP contribution in [0.3, 0.4) is 0 Å². The van der Waals surface area contributed by atoms with Crippen molar-refractivity contribution in [3.05, 3.63) is 23.9 Å². The molecule has 1 aliphatic rings. The highest BCUT2D eigenvalue weighted by molar-refractivity contribution is 7.85. The van der Waals surface area contributed by atoms with Crippen LogP contribution in [0.5, 0.6) is 0 Å². The SMILES string of the molecule is Cc1ccc([S@](=O)[C@H]2CCCNC2)nc1. The second kappa shape index (κ2) is 4.86. The minimum atomic E-state index is -0.952. The van der Waals surface area contributed by atoms with Gasteiger partial charge < -0.3 is 5.32 Å². The van der Waals surface area contributed by atoms with Crippen LogP contribution in [0.4, 0.5) is 0 Å². The average molecular weight is 224 g/mol. The zero-order valence-corrected chi connectivity index (χ0v) is 9.72. The van der Waals surface area contributed by atoms with E-state index >= 15 is 0 Å². The van der Waals surface area contributed by atoms with E-state index in [-0.39, 0.29) is 5.25 Å². The Kier molecular flexibility index (Phi) is 3.49. The molecule has 0 radical (unpaired) electrons. The molecule has 0 spiro atoms. The van der Waals surface area contributed by atoms with Crippen LogP contribution in [0.2, 0.25) is 0 Å². The Bertz CT molecular complexity index is 344. The van der Waals surface area contributed by atoms with E-state index in [9.17, 15) is 4.21 Å². The molecule has 2 rings (SSSR count). The predicted octanol–water partition coefficient (Wildman–Crippen LogP) is 1.25. The van der Waals surface area contributed by atoms with Gasteiger partial charge in [-0.1, -0.05) is 6.07 Å². The summed E-state index contributed by atoms with van der Waals surface area (Å²) >= 11 is 0. The van der Waals surface area contributed by atoms with Crippen LogP contribution in [-0.4, -0.2) is 27.5 Å². The summed E-state index contributed by atoms with van der Waals surface area (Å²) in [5.74, 6) is 0. The summed E-state index contributed by atoms with van der Waals surface area (Å²) in [6.07, 6.45) is 3.93. The third kappa shape index (κ3) is 2.63. The first-order valence-electron chi connectivity index (χ1n) is 5.31. The fourth-order valence-corrected chi connectivity index (χ4v) is 3.10. The number of rotatable bonds is 2. The minimum Gasteiger partial charge on any atom is -0.316 e. The van der Waals surface area contributed by atoms with Crippen LogP contribution in [0.15, 0.2) is 23.4 Å². The molecule has 4 heteroatoms. The molecule has 2 atom stereocenters. The average Bonchev–Trinajstić information content (AvgIpc) is 2.30. The molecule has 1 aromatic rings. The van der Waals surface area contributed by atoms with Gasteiger partial charge in [0.05, 0.1) is 16.0 Å². The quantitative estimate of drug-likeness (QED) is 0.822. The van der Waals surface area contributed by atoms with Crippen molar-refractivity contribution in [2.75, 3.05) is 13.1 Å². The van der Waals surface area contributed by atoms with Crippen molar-refractivity contribution >= 4 is 10.8 Å². The molecule has 1 aromatic heterocycles. The lowest BCUT2D eigenvalue weighted by Crippen LogP contribution is -2.36. The third-order valence-electron chi connectivity index (χ3n) is 2.64. The molecule has 0 aliphatic carbocycles. The maximum atomic E-state index is 12.1. The van der Waals surface area contributed by atoms with Crippen LogP contribution in [0.1, 0.15) is 18.4 Å². The molecule has 82 valence electrons. The van der Waals surface area contributed by atoms with E-state index < -0.39 is 10.8 Å². The molecule has 0 aromatic carbocycles. The molecule has 0 amide bonds. The number of nitrogens with zero attached hydrogens (tertiary/aromatic N) is 1. The monoisotopic (exact) mass is 224 g/mol. The highest BCUT2D eigenvalue weighted by Crippen LogP contribution is 2.15. The third-order valence-corrected chi connectivity index (χ3v) is 4.31. The lowest BCUT2D eigenvalue weighted by Gasteiger charge is -2.21. The fraction of sp³-hybridized carbons (Fsp3) is 0.545. The fourth-order valence-electron chi connectivity index (χ4n) is 1.75. The molecule has 2 heterocycles. The Labute approximate surface area is 92.8 Å². The van der Waals surface area contributed by atoms with E-state index in [0.717, 1.165) is 31.5 Å². The maximum absolute atomic E-state index is 12.1. The van der Waals surface area contributed by atoms with Crippen LogP contribution in [0.25, 0.3) is 0 Å². The van der Waals surface area contributed by atoms with Gasteiger partial charge >= 0.3 is 0 Å². The van der Waals surface area contributed by atoms with Gasteiger partial charge in [-0.25, -0.2) is 4.98 Å². The smallest absolute Gasteiger partial charge is 0.127 e. The van der Waals surface area contributed by atoms with Crippen LogP contribution in [0, 0.1) is 6.92 Å². The first-order chi connectivity index (χ1) is 7.27. The predicted molar refractivity (Wildman–Crippen MR) is 61.3 cm³/mol. The number of hydrogen-bond acceptors (Lipinski definition) is 3. The molecular formula is C11H16N2OS. The van der Waals surface area contributed by atoms with Crippen molar-refractivity contribution in [2.24, 2.45) is 0 Å². The van der Waals surface area contributed by atoms with Gasteiger partial charge in [-0.15, -0.1) is 0 Å². The van der Waals surface area contributed by atoms with E-state index in [1.807, 2.05) is 19.1 Å². The summed E-state index contributed by atoms with van der Waals surface area (Å²) in [4.78, 5) is 4.23. The first-order valence-corrected chi connectivity index (χ1v) is 6.52. The highest BCUT2D eigenvalue weighted by Gasteiger charge is 2.21. The molecule has 1 aliphatic heterocycles. The van der Waals surface area contributed by atoms with E-state index in [0.29, 0.717) is 5.03 Å². The Morgan fingerprint density at radius 3 is 3.00 bits per heavy atom. The van der Waals surface area contributed by atoms with Crippen LogP contribution < -0.4 is 5.32 Å². The Balaban J connectivity index is 2.09. The van der Waals surface area contributed by atoms with Crippen molar-refractivity contribution in [2.45, 2.75) is 30.0 Å². The molecule has 15 heavy (non-hydrogen) atoms. The number of pyridine rings is 1. The van der Waals surface area contributed by atoms with E-state index in [1.165, 1.54) is 0 Å². The van der Waals surface area contributed by atoms with Gasteiger partial charge in [0.25, 0.3) is 0 Å². The van der Waals surface area contributed by atoms with Gasteiger partial charge in [-0.3, -0.25) is 4.21 Å². The molecule has 0 saturated carbocycles. The van der Waals surface area contributed by atoms with Gasteiger partial charge in [0, 0.05) is 12.7 Å². The summed E-state index contributed by atoms with van der Waals surface area (Å²) in [7, 11) is -0.952. The molecule has 1 saturated heterocycles. The normalized spacial score (nSPS) is 23.7. The molecule has 1 N–H and O–H groups in total. The molecule has 0 unspecified atom stereocenters. The van der Waals surface area contributed by atoms with Gasteiger partial charge in [0.1, 0.15) is 5.03 Å². The number of aromatic nitrogens is 1. The largest absolute Gasteiger partial charge is 0.316 e. The molecule has 1 fully saturated rings. The second-order valence-electron chi connectivity index (χ2n) is 3.94.